The summed E-state index contributed by atoms with van der Waals surface area (Å²) in [5, 5.41) is 13.0. The maximum absolute atomic E-state index is 12.6. The molecule has 0 spiro atoms. The van der Waals surface area contributed by atoms with Crippen LogP contribution in [-0.4, -0.2) is 40.5 Å². The molecule has 9 nitrogen and oxygen atoms in total. The van der Waals surface area contributed by atoms with Crippen molar-refractivity contribution in [1.82, 2.24) is 4.90 Å². The van der Waals surface area contributed by atoms with Crippen LogP contribution in [0.15, 0.2) is 53.4 Å². The number of imide groups is 1. The number of thioether (sulfide) groups is 1. The lowest BCUT2D eigenvalue weighted by Gasteiger charge is -2.12. The van der Waals surface area contributed by atoms with Crippen LogP contribution in [0.1, 0.15) is 5.56 Å². The molecule has 2 aromatic rings. The van der Waals surface area contributed by atoms with Crippen LogP contribution in [0, 0.1) is 10.1 Å². The second-order valence-electron chi connectivity index (χ2n) is 5.87. The number of methoxy groups -OCH3 is 1. The van der Waals surface area contributed by atoms with E-state index >= 15 is 0 Å². The van der Waals surface area contributed by atoms with Crippen LogP contribution >= 0.6 is 11.8 Å². The minimum atomic E-state index is -0.656. The molecular formula is C19H15N3O6S. The number of hydrogen-bond acceptors (Lipinski definition) is 7. The Kier molecular flexibility index (Phi) is 5.93. The van der Waals surface area contributed by atoms with Crippen molar-refractivity contribution in [3.63, 3.8) is 0 Å². The molecule has 1 heterocycles. The predicted molar refractivity (Wildman–Crippen MR) is 107 cm³/mol. The monoisotopic (exact) mass is 413 g/mol. The summed E-state index contributed by atoms with van der Waals surface area (Å²) in [6, 6.07) is 12.6. The molecule has 0 aliphatic carbocycles. The minimum Gasteiger partial charge on any atom is -0.496 e. The molecule has 2 aromatic carbocycles. The summed E-state index contributed by atoms with van der Waals surface area (Å²) in [5.41, 5.74) is 0.640. The zero-order valence-electron chi connectivity index (χ0n) is 15.2. The maximum Gasteiger partial charge on any atom is 0.294 e. The highest BCUT2D eigenvalue weighted by molar-refractivity contribution is 8.18. The van der Waals surface area contributed by atoms with Crippen molar-refractivity contribution in [3.8, 4) is 5.75 Å². The van der Waals surface area contributed by atoms with E-state index in [1.165, 1.54) is 31.4 Å². The molecule has 10 heteroatoms. The number of carbonyl (C=O) groups is 3. The number of nitro benzene ring substituents is 1. The van der Waals surface area contributed by atoms with Gasteiger partial charge in [-0.25, -0.2) is 0 Å². The van der Waals surface area contributed by atoms with Crippen molar-refractivity contribution < 1.29 is 24.0 Å². The van der Waals surface area contributed by atoms with E-state index in [9.17, 15) is 24.5 Å². The summed E-state index contributed by atoms with van der Waals surface area (Å²) in [4.78, 5) is 48.2. The fourth-order valence-corrected chi connectivity index (χ4v) is 3.42. The highest BCUT2D eigenvalue weighted by Crippen LogP contribution is 2.35. The fourth-order valence-electron chi connectivity index (χ4n) is 2.59. The fraction of sp³-hybridized carbons (Fsp3) is 0.105. The lowest BCUT2D eigenvalue weighted by atomic mass is 10.1. The van der Waals surface area contributed by atoms with E-state index in [1.54, 1.807) is 30.3 Å². The Morgan fingerprint density at radius 3 is 2.62 bits per heavy atom. The number of non-ortho nitro benzene ring substituents is 1. The Morgan fingerprint density at radius 2 is 1.97 bits per heavy atom. The number of benzene rings is 2. The van der Waals surface area contributed by atoms with Crippen molar-refractivity contribution >= 4 is 46.3 Å². The van der Waals surface area contributed by atoms with Crippen LogP contribution in [-0.2, 0) is 9.59 Å². The molecule has 1 aliphatic rings. The van der Waals surface area contributed by atoms with Gasteiger partial charge in [0.05, 0.1) is 16.9 Å². The van der Waals surface area contributed by atoms with Crippen molar-refractivity contribution in [3.05, 3.63) is 69.1 Å². The quantitative estimate of drug-likeness (QED) is 0.438. The summed E-state index contributed by atoms with van der Waals surface area (Å²) in [5.74, 6) is -0.867. The van der Waals surface area contributed by atoms with Gasteiger partial charge in [-0.3, -0.25) is 29.4 Å². The Balaban J connectivity index is 1.79. The summed E-state index contributed by atoms with van der Waals surface area (Å²) >= 11 is 0.651. The van der Waals surface area contributed by atoms with Gasteiger partial charge in [-0.2, -0.15) is 0 Å². The average Bonchev–Trinajstić information content (AvgIpc) is 2.96. The molecular weight excluding hydrogens is 398 g/mol. The van der Waals surface area contributed by atoms with E-state index in [2.05, 4.69) is 5.32 Å². The van der Waals surface area contributed by atoms with Gasteiger partial charge in [0, 0.05) is 23.4 Å². The van der Waals surface area contributed by atoms with E-state index in [1.807, 2.05) is 0 Å². The second kappa shape index (κ2) is 8.57. The number of nitrogens with zero attached hydrogens (tertiary/aromatic N) is 2. The van der Waals surface area contributed by atoms with Crippen molar-refractivity contribution in [2.45, 2.75) is 0 Å². The summed E-state index contributed by atoms with van der Waals surface area (Å²) in [6.07, 6.45) is 1.34. The first-order chi connectivity index (χ1) is 13.9. The molecule has 0 bridgehead atoms. The summed E-state index contributed by atoms with van der Waals surface area (Å²) in [6.45, 7) is -0.441. The van der Waals surface area contributed by atoms with Gasteiger partial charge in [0.15, 0.2) is 0 Å². The van der Waals surface area contributed by atoms with E-state index in [0.717, 1.165) is 4.90 Å². The normalized spacial score (nSPS) is 14.9. The minimum absolute atomic E-state index is 0.0429. The Morgan fingerprint density at radius 1 is 1.24 bits per heavy atom. The van der Waals surface area contributed by atoms with Crippen LogP contribution in [0.3, 0.4) is 0 Å². The van der Waals surface area contributed by atoms with Crippen LogP contribution in [0.2, 0.25) is 0 Å². The van der Waals surface area contributed by atoms with Crippen molar-refractivity contribution in [2.24, 2.45) is 0 Å². The third-order valence-electron chi connectivity index (χ3n) is 3.94. The van der Waals surface area contributed by atoms with Gasteiger partial charge in [-0.15, -0.1) is 0 Å². The lowest BCUT2D eigenvalue weighted by molar-refractivity contribution is -0.384. The highest BCUT2D eigenvalue weighted by Gasteiger charge is 2.36. The molecule has 0 radical (unpaired) electrons. The van der Waals surface area contributed by atoms with Crippen LogP contribution in [0.4, 0.5) is 16.2 Å². The molecule has 1 saturated heterocycles. The van der Waals surface area contributed by atoms with Gasteiger partial charge in [0.25, 0.3) is 16.8 Å². The van der Waals surface area contributed by atoms with Gasteiger partial charge in [-0.1, -0.05) is 18.2 Å². The molecule has 3 amide bonds. The lowest BCUT2D eigenvalue weighted by Crippen LogP contribution is -2.36. The molecule has 0 aromatic heterocycles. The molecule has 1 fully saturated rings. The van der Waals surface area contributed by atoms with Gasteiger partial charge in [-0.05, 0) is 36.0 Å². The molecule has 1 N–H and O–H groups in total. The second-order valence-corrected chi connectivity index (χ2v) is 6.86. The standard InChI is InChI=1S/C19H15N3O6S/c1-28-15-8-7-14(22(26)27)9-12(15)10-16-18(24)21(19(25)29-16)11-17(23)20-13-5-3-2-4-6-13/h2-10H,11H2,1H3,(H,20,23)/b16-10-. The SMILES string of the molecule is COc1ccc([N+](=O)[O-])cc1/C=C1\SC(=O)N(CC(=O)Nc2ccccc2)C1=O. The summed E-state index contributed by atoms with van der Waals surface area (Å²) in [7, 11) is 1.39. The van der Waals surface area contributed by atoms with Crippen molar-refractivity contribution in [2.75, 3.05) is 19.0 Å². The molecule has 29 heavy (non-hydrogen) atoms. The largest absolute Gasteiger partial charge is 0.496 e. The summed E-state index contributed by atoms with van der Waals surface area (Å²) < 4.78 is 5.16. The number of rotatable bonds is 6. The van der Waals surface area contributed by atoms with Gasteiger partial charge in [0.2, 0.25) is 5.91 Å². The zero-order chi connectivity index (χ0) is 21.0. The zero-order valence-corrected chi connectivity index (χ0v) is 16.0. The van der Waals surface area contributed by atoms with Crippen molar-refractivity contribution in [1.29, 1.82) is 0 Å². The van der Waals surface area contributed by atoms with Gasteiger partial charge >= 0.3 is 0 Å². The number of hydrogen-bond donors (Lipinski definition) is 1. The smallest absolute Gasteiger partial charge is 0.294 e. The number of nitro groups is 1. The Bertz CT molecular complexity index is 1020. The van der Waals surface area contributed by atoms with E-state index in [4.69, 9.17) is 4.74 Å². The average molecular weight is 413 g/mol. The van der Waals surface area contributed by atoms with Crippen LogP contribution in [0.5, 0.6) is 5.75 Å². The number of nitrogens with one attached hydrogen (secondary N) is 1. The molecule has 3 rings (SSSR count). The number of carbonyl (C=O) groups excluding carboxylic acids is 3. The van der Waals surface area contributed by atoms with Gasteiger partial charge in [0.1, 0.15) is 12.3 Å². The van der Waals surface area contributed by atoms with E-state index in [-0.39, 0.29) is 16.2 Å². The number of amides is 3. The topological polar surface area (TPSA) is 119 Å². The highest BCUT2D eigenvalue weighted by atomic mass is 32.2. The predicted octanol–water partition coefficient (Wildman–Crippen LogP) is 3.28. The first-order valence-electron chi connectivity index (χ1n) is 8.31. The first kappa shape index (κ1) is 20.1. The third kappa shape index (κ3) is 4.61. The molecule has 0 unspecified atom stereocenters. The Labute approximate surface area is 169 Å². The van der Waals surface area contributed by atoms with Crippen LogP contribution in [0.25, 0.3) is 6.08 Å². The molecule has 0 saturated carbocycles. The van der Waals surface area contributed by atoms with Gasteiger partial charge < -0.3 is 10.1 Å². The first-order valence-corrected chi connectivity index (χ1v) is 9.13. The maximum atomic E-state index is 12.6. The van der Waals surface area contributed by atoms with E-state index in [0.29, 0.717) is 23.2 Å². The molecule has 0 atom stereocenters. The van der Waals surface area contributed by atoms with Crippen LogP contribution < -0.4 is 10.1 Å². The number of ether oxygens (including phenoxy) is 1. The molecule has 1 aliphatic heterocycles. The third-order valence-corrected chi connectivity index (χ3v) is 4.85. The van der Waals surface area contributed by atoms with E-state index < -0.39 is 28.5 Å². The molecule has 148 valence electrons. The number of para-hydroxylation sites is 1. The Hall–Kier alpha value is -3.66. The number of anilines is 1.